The normalized spacial score (nSPS) is 9.30. The summed E-state index contributed by atoms with van der Waals surface area (Å²) in [6.07, 6.45) is 0. The first-order valence-electron chi connectivity index (χ1n) is 2.88. The van der Waals surface area contributed by atoms with Gasteiger partial charge in [-0.2, -0.15) is 5.26 Å². The number of thiophene rings is 1. The zero-order valence-corrected chi connectivity index (χ0v) is 6.40. The summed E-state index contributed by atoms with van der Waals surface area (Å²) < 4.78 is 0. The van der Waals surface area contributed by atoms with Crippen LogP contribution in [0.3, 0.4) is 0 Å². The summed E-state index contributed by atoms with van der Waals surface area (Å²) in [6, 6.07) is 3.75. The lowest BCUT2D eigenvalue weighted by Crippen LogP contribution is -1.78. The minimum absolute atomic E-state index is 0.0318. The summed E-state index contributed by atoms with van der Waals surface area (Å²) in [7, 11) is 0. The van der Waals surface area contributed by atoms with E-state index in [9.17, 15) is 0 Å². The van der Waals surface area contributed by atoms with E-state index in [1.807, 2.05) is 13.0 Å². The fourth-order valence-electron chi connectivity index (χ4n) is 0.732. The quantitative estimate of drug-likeness (QED) is 0.663. The number of rotatable bonds is 1. The van der Waals surface area contributed by atoms with Crippen LogP contribution in [0.4, 0.5) is 0 Å². The summed E-state index contributed by atoms with van der Waals surface area (Å²) in [4.78, 5) is 1.70. The van der Waals surface area contributed by atoms with Gasteiger partial charge in [-0.1, -0.05) is 0 Å². The van der Waals surface area contributed by atoms with Crippen molar-refractivity contribution in [1.29, 1.82) is 5.26 Å². The highest BCUT2D eigenvalue weighted by atomic mass is 32.1. The van der Waals surface area contributed by atoms with Gasteiger partial charge in [0.1, 0.15) is 10.9 Å². The van der Waals surface area contributed by atoms with Gasteiger partial charge in [-0.25, -0.2) is 0 Å². The average molecular weight is 153 g/mol. The molecule has 1 heterocycles. The molecule has 1 rings (SSSR count). The summed E-state index contributed by atoms with van der Waals surface area (Å²) in [5.74, 6) is 0. The van der Waals surface area contributed by atoms with Crippen LogP contribution < -0.4 is 0 Å². The van der Waals surface area contributed by atoms with Gasteiger partial charge in [0.05, 0.1) is 6.61 Å². The van der Waals surface area contributed by atoms with E-state index in [-0.39, 0.29) is 6.61 Å². The van der Waals surface area contributed by atoms with Crippen molar-refractivity contribution < 1.29 is 5.11 Å². The van der Waals surface area contributed by atoms with Gasteiger partial charge < -0.3 is 5.11 Å². The summed E-state index contributed by atoms with van der Waals surface area (Å²) in [6.45, 7) is 1.93. The molecule has 0 aliphatic rings. The Morgan fingerprint density at radius 3 is 2.80 bits per heavy atom. The highest BCUT2D eigenvalue weighted by Crippen LogP contribution is 2.20. The van der Waals surface area contributed by atoms with Gasteiger partial charge in [-0.05, 0) is 18.6 Å². The van der Waals surface area contributed by atoms with Crippen LogP contribution in [0, 0.1) is 18.3 Å². The first kappa shape index (κ1) is 7.26. The highest BCUT2D eigenvalue weighted by molar-refractivity contribution is 7.12. The van der Waals surface area contributed by atoms with E-state index >= 15 is 0 Å². The van der Waals surface area contributed by atoms with Crippen molar-refractivity contribution in [2.75, 3.05) is 0 Å². The van der Waals surface area contributed by atoms with E-state index in [2.05, 4.69) is 0 Å². The highest BCUT2D eigenvalue weighted by Gasteiger charge is 2.01. The number of aliphatic hydroxyl groups is 1. The number of nitrogens with zero attached hydrogens (tertiary/aromatic N) is 1. The maximum Gasteiger partial charge on any atom is 0.110 e. The van der Waals surface area contributed by atoms with Crippen molar-refractivity contribution >= 4 is 11.3 Å². The molecule has 0 aromatic carbocycles. The van der Waals surface area contributed by atoms with E-state index < -0.39 is 0 Å². The van der Waals surface area contributed by atoms with Crippen LogP contribution in [0.25, 0.3) is 0 Å². The molecule has 0 atom stereocenters. The third kappa shape index (κ3) is 1.18. The van der Waals surface area contributed by atoms with Crippen molar-refractivity contribution in [3.05, 3.63) is 21.4 Å². The molecule has 1 aromatic heterocycles. The minimum Gasteiger partial charge on any atom is -0.392 e. The molecule has 1 N–H and O–H groups in total. The Morgan fingerprint density at radius 1 is 1.80 bits per heavy atom. The van der Waals surface area contributed by atoms with Gasteiger partial charge in [-0.15, -0.1) is 11.3 Å². The van der Waals surface area contributed by atoms with Crippen LogP contribution in [-0.4, -0.2) is 5.11 Å². The largest absolute Gasteiger partial charge is 0.392 e. The zero-order chi connectivity index (χ0) is 7.56. The summed E-state index contributed by atoms with van der Waals surface area (Å²) in [5, 5.41) is 17.2. The van der Waals surface area contributed by atoms with Crippen molar-refractivity contribution in [1.82, 2.24) is 0 Å². The Bertz CT molecular complexity index is 272. The first-order chi connectivity index (χ1) is 4.77. The molecule has 0 aliphatic carbocycles. The number of hydrogen-bond donors (Lipinski definition) is 1. The van der Waals surface area contributed by atoms with Gasteiger partial charge in [0, 0.05) is 4.88 Å². The molecule has 10 heavy (non-hydrogen) atoms. The molecule has 0 spiro atoms. The van der Waals surface area contributed by atoms with Gasteiger partial charge in [0.25, 0.3) is 0 Å². The lowest BCUT2D eigenvalue weighted by atomic mass is 10.3. The van der Waals surface area contributed by atoms with E-state index in [0.29, 0.717) is 4.88 Å². The third-order valence-corrected chi connectivity index (χ3v) is 2.30. The van der Waals surface area contributed by atoms with Crippen LogP contribution in [0.2, 0.25) is 0 Å². The molecule has 0 saturated carbocycles. The molecule has 1 aromatic rings. The second kappa shape index (κ2) is 2.82. The molecule has 52 valence electrons. The monoisotopic (exact) mass is 153 g/mol. The van der Waals surface area contributed by atoms with Crippen LogP contribution in [0.15, 0.2) is 6.07 Å². The van der Waals surface area contributed by atoms with E-state index in [0.717, 1.165) is 10.4 Å². The first-order valence-corrected chi connectivity index (χ1v) is 3.70. The Labute approximate surface area is 63.4 Å². The average Bonchev–Trinajstić information content (AvgIpc) is 2.30. The van der Waals surface area contributed by atoms with Crippen molar-refractivity contribution in [3.63, 3.8) is 0 Å². The Morgan fingerprint density at radius 2 is 2.50 bits per heavy atom. The molecular formula is C7H7NOS. The Kier molecular flexibility index (Phi) is 2.05. The van der Waals surface area contributed by atoms with Crippen molar-refractivity contribution in [3.8, 4) is 6.07 Å². The van der Waals surface area contributed by atoms with E-state index in [1.165, 1.54) is 11.3 Å². The van der Waals surface area contributed by atoms with Crippen LogP contribution in [0.5, 0.6) is 0 Å². The Balaban J connectivity index is 3.07. The van der Waals surface area contributed by atoms with Crippen LogP contribution >= 0.6 is 11.3 Å². The lowest BCUT2D eigenvalue weighted by molar-refractivity contribution is 0.281. The van der Waals surface area contributed by atoms with Gasteiger partial charge in [0.15, 0.2) is 0 Å². The van der Waals surface area contributed by atoms with Crippen molar-refractivity contribution in [2.45, 2.75) is 13.5 Å². The summed E-state index contributed by atoms with van der Waals surface area (Å²) >= 11 is 1.42. The Hall–Kier alpha value is -0.850. The van der Waals surface area contributed by atoms with Crippen LogP contribution in [0.1, 0.15) is 15.3 Å². The molecule has 3 heteroatoms. The second-order valence-corrected chi connectivity index (χ2v) is 3.22. The second-order valence-electron chi connectivity index (χ2n) is 1.96. The lowest BCUT2D eigenvalue weighted by Gasteiger charge is -1.87. The van der Waals surface area contributed by atoms with Gasteiger partial charge in [-0.3, -0.25) is 0 Å². The maximum absolute atomic E-state index is 8.72. The maximum atomic E-state index is 8.72. The molecule has 0 aliphatic heterocycles. The standard InChI is InChI=1S/C7H7NOS/c1-5-6(4-9)2-7(3-8)10-5/h2,9H,4H2,1H3. The van der Waals surface area contributed by atoms with E-state index in [4.69, 9.17) is 10.4 Å². The molecule has 2 nitrogen and oxygen atoms in total. The van der Waals surface area contributed by atoms with Crippen LogP contribution in [-0.2, 0) is 6.61 Å². The fraction of sp³-hybridized carbons (Fsp3) is 0.286. The number of nitriles is 1. The fourth-order valence-corrected chi connectivity index (χ4v) is 1.56. The summed E-state index contributed by atoms with van der Waals surface area (Å²) in [5.41, 5.74) is 0.863. The van der Waals surface area contributed by atoms with Gasteiger partial charge in [0.2, 0.25) is 0 Å². The number of hydrogen-bond acceptors (Lipinski definition) is 3. The predicted molar refractivity (Wildman–Crippen MR) is 39.7 cm³/mol. The molecule has 0 saturated heterocycles. The topological polar surface area (TPSA) is 44.0 Å². The SMILES string of the molecule is Cc1sc(C#N)cc1CO. The zero-order valence-electron chi connectivity index (χ0n) is 5.59. The molecule has 0 unspecified atom stereocenters. The molecule has 0 fully saturated rings. The number of aryl methyl sites for hydroxylation is 1. The smallest absolute Gasteiger partial charge is 0.110 e. The third-order valence-electron chi connectivity index (χ3n) is 1.30. The molecule has 0 radical (unpaired) electrons. The molecule has 0 bridgehead atoms. The molecular weight excluding hydrogens is 146 g/mol. The van der Waals surface area contributed by atoms with E-state index in [1.54, 1.807) is 6.07 Å². The number of aliphatic hydroxyl groups excluding tert-OH is 1. The predicted octanol–water partition coefficient (Wildman–Crippen LogP) is 1.42. The minimum atomic E-state index is 0.0318. The van der Waals surface area contributed by atoms with Crippen molar-refractivity contribution in [2.24, 2.45) is 0 Å². The molecule has 0 amide bonds. The van der Waals surface area contributed by atoms with Gasteiger partial charge >= 0.3 is 0 Å².